The van der Waals surface area contributed by atoms with Crippen molar-refractivity contribution in [2.75, 3.05) is 0 Å². The first-order chi connectivity index (χ1) is 5.07. The van der Waals surface area contributed by atoms with Gasteiger partial charge >= 0.3 is 12.0 Å². The van der Waals surface area contributed by atoms with Gasteiger partial charge in [0.2, 0.25) is 0 Å². The van der Waals surface area contributed by atoms with Crippen LogP contribution in [0.25, 0.3) is 0 Å². The number of carboxylic acids is 1. The quantitative estimate of drug-likeness (QED) is 0.413. The number of carboxylic acid groups (broad SMARTS) is 1. The van der Waals surface area contributed by atoms with Crippen molar-refractivity contribution in [2.45, 2.75) is 5.25 Å². The number of rotatable bonds is 4. The summed E-state index contributed by atoms with van der Waals surface area (Å²) in [5, 5.41) is 7.54. The average Bonchev–Trinajstić information content (AvgIpc) is 1.87. The fourth-order valence-electron chi connectivity index (χ4n) is 0.321. The Morgan fingerprint density at radius 1 is 1.73 bits per heavy atom. The molecule has 0 aliphatic heterocycles. The van der Waals surface area contributed by atoms with Gasteiger partial charge < -0.3 is 10.8 Å². The van der Waals surface area contributed by atoms with Crippen molar-refractivity contribution in [1.82, 2.24) is 4.72 Å². The van der Waals surface area contributed by atoms with Crippen molar-refractivity contribution in [3.05, 3.63) is 12.7 Å². The van der Waals surface area contributed by atoms with Crippen LogP contribution in [0.5, 0.6) is 0 Å². The number of aliphatic carboxylic acids is 1. The Hall–Kier alpha value is -1.17. The lowest BCUT2D eigenvalue weighted by Crippen LogP contribution is -2.27. The average molecular weight is 176 g/mol. The van der Waals surface area contributed by atoms with Crippen molar-refractivity contribution in [2.24, 2.45) is 5.73 Å². The maximum atomic E-state index is 10.3. The Labute approximate surface area is 67.8 Å². The second-order valence-corrected chi connectivity index (χ2v) is 2.53. The first-order valence-corrected chi connectivity index (χ1v) is 3.52. The van der Waals surface area contributed by atoms with Crippen molar-refractivity contribution >= 4 is 23.9 Å². The van der Waals surface area contributed by atoms with E-state index in [1.165, 1.54) is 6.08 Å². The van der Waals surface area contributed by atoms with Gasteiger partial charge in [0.05, 0.1) is 0 Å². The lowest BCUT2D eigenvalue weighted by atomic mass is 10.4. The Morgan fingerprint density at radius 2 is 2.27 bits per heavy atom. The monoisotopic (exact) mass is 176 g/mol. The summed E-state index contributed by atoms with van der Waals surface area (Å²) in [6.45, 7) is 3.27. The van der Waals surface area contributed by atoms with Gasteiger partial charge in [0, 0.05) is 0 Å². The molecule has 0 rings (SSSR count). The van der Waals surface area contributed by atoms with Crippen molar-refractivity contribution in [1.29, 1.82) is 0 Å². The summed E-state index contributed by atoms with van der Waals surface area (Å²) < 4.78 is 2.08. The molecule has 1 unspecified atom stereocenters. The first-order valence-electron chi connectivity index (χ1n) is 2.64. The standard InChI is InChI=1S/C5H8N2O3S/c1-2-3(4(8)9)11-7-5(6)10/h2-3H,1H2,(H,8,9)(H3,6,7,10). The van der Waals surface area contributed by atoms with E-state index in [2.05, 4.69) is 11.3 Å². The van der Waals surface area contributed by atoms with E-state index in [4.69, 9.17) is 10.8 Å². The lowest BCUT2D eigenvalue weighted by molar-refractivity contribution is -0.135. The predicted octanol–water partition coefficient (Wildman–Crippen LogP) is -0.0579. The van der Waals surface area contributed by atoms with Crippen molar-refractivity contribution < 1.29 is 14.7 Å². The van der Waals surface area contributed by atoms with E-state index < -0.39 is 17.3 Å². The van der Waals surface area contributed by atoms with Crippen LogP contribution in [0.3, 0.4) is 0 Å². The molecule has 0 aliphatic carbocycles. The van der Waals surface area contributed by atoms with E-state index in [1.807, 2.05) is 0 Å². The predicted molar refractivity (Wildman–Crippen MR) is 41.9 cm³/mol. The third-order valence-electron chi connectivity index (χ3n) is 0.744. The molecule has 0 aliphatic rings. The molecule has 0 heterocycles. The fraction of sp³-hybridized carbons (Fsp3) is 0.200. The van der Waals surface area contributed by atoms with E-state index in [1.54, 1.807) is 0 Å². The van der Waals surface area contributed by atoms with Crippen LogP contribution in [-0.2, 0) is 4.79 Å². The largest absolute Gasteiger partial charge is 0.480 e. The number of hydrogen-bond acceptors (Lipinski definition) is 3. The third-order valence-corrected chi connectivity index (χ3v) is 1.71. The molecule has 62 valence electrons. The van der Waals surface area contributed by atoms with Crippen molar-refractivity contribution in [3.8, 4) is 0 Å². The van der Waals surface area contributed by atoms with Crippen molar-refractivity contribution in [3.63, 3.8) is 0 Å². The molecule has 0 aromatic carbocycles. The highest BCUT2D eigenvalue weighted by molar-refractivity contribution is 7.99. The second-order valence-electron chi connectivity index (χ2n) is 1.58. The molecular weight excluding hydrogens is 168 g/mol. The van der Waals surface area contributed by atoms with Crippen LogP contribution in [0.4, 0.5) is 4.79 Å². The molecule has 0 saturated carbocycles. The Balaban J connectivity index is 3.79. The molecule has 2 amide bonds. The van der Waals surface area contributed by atoms with Gasteiger partial charge in [0.15, 0.2) is 0 Å². The number of amides is 2. The smallest absolute Gasteiger partial charge is 0.322 e. The highest BCUT2D eigenvalue weighted by atomic mass is 32.2. The van der Waals surface area contributed by atoms with Gasteiger partial charge in [-0.15, -0.1) is 6.58 Å². The second kappa shape index (κ2) is 4.62. The number of hydrogen-bond donors (Lipinski definition) is 3. The third kappa shape index (κ3) is 4.26. The summed E-state index contributed by atoms with van der Waals surface area (Å²) in [6, 6.07) is -0.775. The zero-order chi connectivity index (χ0) is 8.85. The molecule has 5 nitrogen and oxygen atoms in total. The molecule has 0 saturated heterocycles. The summed E-state index contributed by atoms with van der Waals surface area (Å²) in [7, 11) is 0. The SMILES string of the molecule is C=CC(SNC(N)=O)C(=O)O. The number of nitrogens with one attached hydrogen (secondary N) is 1. The molecule has 6 heteroatoms. The summed E-state index contributed by atoms with van der Waals surface area (Å²) in [6.07, 6.45) is 1.20. The van der Waals surface area contributed by atoms with Crippen LogP contribution in [0.2, 0.25) is 0 Å². The van der Waals surface area contributed by atoms with Crippen LogP contribution in [0.15, 0.2) is 12.7 Å². The zero-order valence-electron chi connectivity index (χ0n) is 5.61. The van der Waals surface area contributed by atoms with Gasteiger partial charge in [0.1, 0.15) is 5.25 Å². The van der Waals surface area contributed by atoms with Gasteiger partial charge in [-0.1, -0.05) is 6.08 Å². The molecule has 0 spiro atoms. The summed E-state index contributed by atoms with van der Waals surface area (Å²) in [5.74, 6) is -1.07. The van der Waals surface area contributed by atoms with Crippen LogP contribution >= 0.6 is 11.9 Å². The van der Waals surface area contributed by atoms with E-state index in [0.29, 0.717) is 11.9 Å². The molecular formula is C5H8N2O3S. The molecule has 1 atom stereocenters. The number of urea groups is 1. The van der Waals surface area contributed by atoms with E-state index >= 15 is 0 Å². The molecule has 0 aromatic rings. The topological polar surface area (TPSA) is 92.4 Å². The van der Waals surface area contributed by atoms with Gasteiger partial charge in [-0.2, -0.15) is 0 Å². The number of nitrogens with two attached hydrogens (primary N) is 1. The molecule has 0 fully saturated rings. The summed E-state index contributed by atoms with van der Waals surface area (Å²) in [5.41, 5.74) is 4.70. The minimum atomic E-state index is -1.07. The van der Waals surface area contributed by atoms with Crippen LogP contribution in [0, 0.1) is 0 Å². The molecule has 0 aromatic heterocycles. The Bertz CT molecular complexity index is 183. The van der Waals surface area contributed by atoms with E-state index in [0.717, 1.165) is 0 Å². The van der Waals surface area contributed by atoms with Gasteiger partial charge in [-0.25, -0.2) is 4.79 Å². The minimum absolute atomic E-state index is 0.696. The lowest BCUT2D eigenvalue weighted by Gasteiger charge is -2.04. The van der Waals surface area contributed by atoms with Crippen LogP contribution in [0.1, 0.15) is 0 Å². The number of primary amides is 1. The van der Waals surface area contributed by atoms with Crippen LogP contribution in [-0.4, -0.2) is 22.4 Å². The molecule has 4 N–H and O–H groups in total. The van der Waals surface area contributed by atoms with Gasteiger partial charge in [-0.05, 0) is 11.9 Å². The fourth-order valence-corrected chi connectivity index (χ4v) is 0.761. The highest BCUT2D eigenvalue weighted by Gasteiger charge is 2.13. The Morgan fingerprint density at radius 3 is 2.55 bits per heavy atom. The first kappa shape index (κ1) is 9.83. The molecule has 0 radical (unpaired) electrons. The number of carbonyl (C=O) groups is 2. The maximum absolute atomic E-state index is 10.3. The minimum Gasteiger partial charge on any atom is -0.480 e. The van der Waals surface area contributed by atoms with Crippen LogP contribution < -0.4 is 10.5 Å². The maximum Gasteiger partial charge on any atom is 0.322 e. The molecule has 0 bridgehead atoms. The van der Waals surface area contributed by atoms with E-state index in [-0.39, 0.29) is 0 Å². The Kier molecular flexibility index (Phi) is 4.12. The van der Waals surface area contributed by atoms with Gasteiger partial charge in [0.25, 0.3) is 0 Å². The highest BCUT2D eigenvalue weighted by Crippen LogP contribution is 2.06. The molecule has 11 heavy (non-hydrogen) atoms. The summed E-state index contributed by atoms with van der Waals surface area (Å²) in [4.78, 5) is 20.4. The summed E-state index contributed by atoms with van der Waals surface area (Å²) >= 11 is 0.696. The van der Waals surface area contributed by atoms with Gasteiger partial charge in [-0.3, -0.25) is 9.52 Å². The normalized spacial score (nSPS) is 11.6. The zero-order valence-corrected chi connectivity index (χ0v) is 6.43. The number of carbonyl (C=O) groups excluding carboxylic acids is 1. The van der Waals surface area contributed by atoms with E-state index in [9.17, 15) is 9.59 Å².